The molecule has 4 aromatic rings. The van der Waals surface area contributed by atoms with Crippen molar-refractivity contribution in [3.05, 3.63) is 88.3 Å². The monoisotopic (exact) mass is 463 g/mol. The molecule has 2 aromatic carbocycles. The predicted octanol–water partition coefficient (Wildman–Crippen LogP) is 7.30. The Balaban J connectivity index is 2.05. The molecule has 0 aliphatic carbocycles. The van der Waals surface area contributed by atoms with Gasteiger partial charge in [0.25, 0.3) is 5.69 Å². The maximum Gasteiger partial charge on any atom is 0.271 e. The van der Waals surface area contributed by atoms with Gasteiger partial charge >= 0.3 is 0 Å². The molecular weight excluding hydrogens is 437 g/mol. The van der Waals surface area contributed by atoms with E-state index in [2.05, 4.69) is 4.98 Å². The maximum absolute atomic E-state index is 11.5. The van der Waals surface area contributed by atoms with Gasteiger partial charge in [0.1, 0.15) is 11.3 Å². The van der Waals surface area contributed by atoms with Crippen molar-refractivity contribution in [1.82, 2.24) is 4.98 Å². The topological polar surface area (TPSA) is 90.8 Å². The minimum Gasteiger partial charge on any atom is -0.457 e. The fourth-order valence-electron chi connectivity index (χ4n) is 3.58. The third-order valence-electron chi connectivity index (χ3n) is 5.41. The molecule has 0 aliphatic heterocycles. The van der Waals surface area contributed by atoms with Crippen molar-refractivity contribution >= 4 is 35.1 Å². The summed E-state index contributed by atoms with van der Waals surface area (Å²) in [6.07, 6.45) is 1.73. The number of rotatable bonds is 5. The van der Waals surface area contributed by atoms with Crippen LogP contribution in [0.5, 0.6) is 5.75 Å². The first-order valence-corrected chi connectivity index (χ1v) is 12.2. The summed E-state index contributed by atoms with van der Waals surface area (Å²) in [5.41, 5.74) is 2.65. The molecule has 0 amide bonds. The van der Waals surface area contributed by atoms with Gasteiger partial charge in [0, 0.05) is 28.9 Å². The number of pyridine rings is 1. The summed E-state index contributed by atoms with van der Waals surface area (Å²) >= 11 is 0. The molecule has 0 saturated heterocycles. The van der Waals surface area contributed by atoms with Crippen LogP contribution in [0.25, 0.3) is 10.9 Å². The first kappa shape index (κ1) is 22.7. The van der Waals surface area contributed by atoms with Crippen LogP contribution in [-0.2, 0) is 0 Å². The van der Waals surface area contributed by atoms with Crippen molar-refractivity contribution in [3.63, 3.8) is 0 Å². The Morgan fingerprint density at radius 3 is 2.48 bits per heavy atom. The van der Waals surface area contributed by atoms with Crippen molar-refractivity contribution in [1.29, 1.82) is 0 Å². The van der Waals surface area contributed by atoms with Crippen LogP contribution in [0.4, 0.5) is 11.4 Å². The van der Waals surface area contributed by atoms with E-state index in [1.165, 1.54) is 12.1 Å². The number of nitro benzene ring substituents is 1. The largest absolute Gasteiger partial charge is 0.457 e. The number of benzene rings is 2. The smallest absolute Gasteiger partial charge is 0.271 e. The summed E-state index contributed by atoms with van der Waals surface area (Å²) in [7, 11) is -2.94. The number of aromatic nitrogens is 1. The molecule has 0 bridgehead atoms. The first-order chi connectivity index (χ1) is 15.6. The van der Waals surface area contributed by atoms with E-state index < -0.39 is 17.4 Å². The van der Waals surface area contributed by atoms with Gasteiger partial charge < -0.3 is 8.94 Å². The Bertz CT molecular complexity index is 1400. The molecule has 0 aliphatic rings. The predicted molar refractivity (Wildman–Crippen MR) is 132 cm³/mol. The maximum atomic E-state index is 11.5. The summed E-state index contributed by atoms with van der Waals surface area (Å²) in [4.78, 5) is 15.6. The minimum atomic E-state index is -2.94. The molecule has 1 atom stereocenters. The first-order valence-electron chi connectivity index (χ1n) is 10.6. The van der Waals surface area contributed by atoms with Gasteiger partial charge in [-0.25, -0.2) is 4.74 Å². The summed E-state index contributed by atoms with van der Waals surface area (Å²) in [5, 5.41) is 11.9. The molecule has 0 saturated carbocycles. The van der Waals surface area contributed by atoms with Crippen LogP contribution in [0.2, 0.25) is 0 Å². The second kappa shape index (κ2) is 8.49. The van der Waals surface area contributed by atoms with Gasteiger partial charge in [-0.2, -0.15) is 0 Å². The third-order valence-corrected chi connectivity index (χ3v) is 9.03. The molecule has 33 heavy (non-hydrogen) atoms. The Kier molecular flexibility index (Phi) is 5.85. The highest BCUT2D eigenvalue weighted by Gasteiger charge is 2.42. The lowest BCUT2D eigenvalue weighted by atomic mass is 10.2. The van der Waals surface area contributed by atoms with E-state index in [0.29, 0.717) is 16.9 Å². The van der Waals surface area contributed by atoms with Gasteiger partial charge in [-0.1, -0.05) is 45.0 Å². The van der Waals surface area contributed by atoms with Crippen LogP contribution in [0, 0.1) is 24.0 Å². The number of fused-ring (bicyclic) bond motifs is 1. The van der Waals surface area contributed by atoms with E-state index in [1.54, 1.807) is 12.3 Å². The molecule has 170 valence electrons. The number of furan rings is 1. The molecule has 0 N–H and O–H groups in total. The molecular formula is C25H26N3O4P. The van der Waals surface area contributed by atoms with Crippen LogP contribution >= 0.6 is 7.28 Å². The van der Waals surface area contributed by atoms with Crippen LogP contribution in [-0.4, -0.2) is 15.1 Å². The zero-order valence-corrected chi connectivity index (χ0v) is 20.2. The van der Waals surface area contributed by atoms with E-state index in [9.17, 15) is 10.1 Å². The lowest BCUT2D eigenvalue weighted by Gasteiger charge is -2.35. The molecule has 0 radical (unpaired) electrons. The Morgan fingerprint density at radius 1 is 1.06 bits per heavy atom. The summed E-state index contributed by atoms with van der Waals surface area (Å²) in [6.45, 7) is 9.90. The molecule has 0 unspecified atom stereocenters. The van der Waals surface area contributed by atoms with Gasteiger partial charge in [-0.3, -0.25) is 15.1 Å². The lowest BCUT2D eigenvalue weighted by Crippen LogP contribution is -2.26. The Hall–Kier alpha value is -3.44. The van der Waals surface area contributed by atoms with Crippen molar-refractivity contribution in [2.75, 3.05) is 0 Å². The van der Waals surface area contributed by atoms with Crippen molar-refractivity contribution in [2.24, 2.45) is 4.74 Å². The number of hydrogen-bond acceptors (Lipinski definition) is 6. The van der Waals surface area contributed by atoms with Crippen LogP contribution in [0.15, 0.2) is 76.0 Å². The average Bonchev–Trinajstić information content (AvgIpc) is 3.20. The van der Waals surface area contributed by atoms with E-state index in [1.807, 2.05) is 77.1 Å². The summed E-state index contributed by atoms with van der Waals surface area (Å²) in [5.74, 6) is 1.33. The van der Waals surface area contributed by atoms with E-state index in [0.717, 1.165) is 22.2 Å². The van der Waals surface area contributed by atoms with Gasteiger partial charge in [0.2, 0.25) is 7.28 Å². The van der Waals surface area contributed by atoms with E-state index in [4.69, 9.17) is 13.7 Å². The van der Waals surface area contributed by atoms with Gasteiger partial charge in [-0.15, -0.1) is 0 Å². The van der Waals surface area contributed by atoms with Crippen molar-refractivity contribution in [3.8, 4) is 5.75 Å². The number of aryl methyl sites for hydroxylation is 2. The number of hydrogen-bond donors (Lipinski definition) is 0. The number of nitro groups is 1. The zero-order valence-electron chi connectivity index (χ0n) is 19.3. The van der Waals surface area contributed by atoms with Crippen molar-refractivity contribution in [2.45, 2.75) is 39.8 Å². The molecule has 2 heterocycles. The molecule has 0 fully saturated rings. The number of nitrogens with zero attached hydrogens (tertiary/aromatic N) is 3. The lowest BCUT2D eigenvalue weighted by molar-refractivity contribution is -0.384. The van der Waals surface area contributed by atoms with Gasteiger partial charge in [0.15, 0.2) is 11.3 Å². The molecule has 7 nitrogen and oxygen atoms in total. The quantitative estimate of drug-likeness (QED) is 0.176. The second-order valence-corrected chi connectivity index (χ2v) is 12.2. The summed E-state index contributed by atoms with van der Waals surface area (Å²) < 4.78 is 18.1. The molecule has 8 heteroatoms. The van der Waals surface area contributed by atoms with E-state index in [-0.39, 0.29) is 5.69 Å². The highest BCUT2D eigenvalue weighted by Crippen LogP contribution is 2.63. The van der Waals surface area contributed by atoms with E-state index >= 15 is 0 Å². The number of para-hydroxylation sites is 1. The fourth-order valence-corrected chi connectivity index (χ4v) is 6.54. The molecule has 2 aromatic heterocycles. The minimum absolute atomic E-state index is 0.0196. The zero-order chi connectivity index (χ0) is 23.8. The second-order valence-electron chi connectivity index (χ2n) is 8.88. The standard InChI is InChI=1S/C25H26N3O4P/c1-17-11-13-20(28(29)30)16-21(17)27-33(25(3,4)5,23-14-12-18(2)31-23)32-22-10-6-8-19-9-7-15-26-24(19)22/h6-16H,1-5H3/t33-/m0/s1. The van der Waals surface area contributed by atoms with Gasteiger partial charge in [0.05, 0.1) is 10.6 Å². The van der Waals surface area contributed by atoms with Crippen LogP contribution in [0.3, 0.4) is 0 Å². The number of non-ortho nitro benzene ring substituents is 1. The average molecular weight is 463 g/mol. The Morgan fingerprint density at radius 2 is 1.82 bits per heavy atom. The van der Waals surface area contributed by atoms with Crippen LogP contribution in [0.1, 0.15) is 32.1 Å². The third kappa shape index (κ3) is 4.29. The molecule has 4 rings (SSSR count). The van der Waals surface area contributed by atoms with Gasteiger partial charge in [-0.05, 0) is 43.7 Å². The highest BCUT2D eigenvalue weighted by atomic mass is 31.2. The van der Waals surface area contributed by atoms with Crippen molar-refractivity contribution < 1.29 is 13.9 Å². The fraction of sp³-hybridized carbons (Fsp3) is 0.240. The highest BCUT2D eigenvalue weighted by molar-refractivity contribution is 7.70. The normalized spacial score (nSPS) is 13.5. The SMILES string of the molecule is Cc1ccc([P@](=Nc2cc([N+](=O)[O-])ccc2C)(Oc2cccc3cccnc23)C(C)(C)C)o1. The Labute approximate surface area is 192 Å². The molecule has 0 spiro atoms. The van der Waals surface area contributed by atoms with Crippen LogP contribution < -0.4 is 10.0 Å². The summed E-state index contributed by atoms with van der Waals surface area (Å²) in [6, 6.07) is 18.1.